The van der Waals surface area contributed by atoms with Crippen LogP contribution < -0.4 is 11.2 Å². The number of aromatic nitrogens is 2. The van der Waals surface area contributed by atoms with E-state index in [0.717, 1.165) is 6.07 Å². The molecule has 0 saturated carbocycles. The van der Waals surface area contributed by atoms with Crippen molar-refractivity contribution in [3.05, 3.63) is 32.6 Å². The van der Waals surface area contributed by atoms with Crippen LogP contribution in [-0.4, -0.2) is 16.3 Å². The van der Waals surface area contributed by atoms with Gasteiger partial charge in [0.15, 0.2) is 6.29 Å². The molecule has 0 aromatic carbocycles. The van der Waals surface area contributed by atoms with Gasteiger partial charge in [-0.1, -0.05) is 0 Å². The van der Waals surface area contributed by atoms with Crippen LogP contribution >= 0.6 is 0 Å². The van der Waals surface area contributed by atoms with E-state index < -0.39 is 11.2 Å². The molecule has 0 atom stereocenters. The molecular formula is C5H4N2O3. The van der Waals surface area contributed by atoms with Crippen molar-refractivity contribution in [2.75, 3.05) is 0 Å². The molecule has 0 bridgehead atoms. The lowest BCUT2D eigenvalue weighted by atomic mass is 10.4. The molecule has 0 spiro atoms. The topological polar surface area (TPSA) is 82.8 Å². The molecule has 1 heterocycles. The van der Waals surface area contributed by atoms with E-state index in [1.165, 1.54) is 0 Å². The first kappa shape index (κ1) is 6.47. The summed E-state index contributed by atoms with van der Waals surface area (Å²) in [7, 11) is 0. The van der Waals surface area contributed by atoms with Gasteiger partial charge in [0.05, 0.1) is 5.69 Å². The smallest absolute Gasteiger partial charge is 0.304 e. The molecule has 10 heavy (non-hydrogen) atoms. The third kappa shape index (κ3) is 1.19. The normalized spacial score (nSPS) is 9.20. The lowest BCUT2D eigenvalue weighted by Gasteiger charge is -1.84. The van der Waals surface area contributed by atoms with Crippen LogP contribution in [0.25, 0.3) is 0 Å². The van der Waals surface area contributed by atoms with Crippen molar-refractivity contribution in [3.63, 3.8) is 0 Å². The highest BCUT2D eigenvalue weighted by Gasteiger charge is 1.91. The predicted octanol–water partition coefficient (Wildman–Crippen LogP) is -1.12. The van der Waals surface area contributed by atoms with Crippen LogP contribution in [0.15, 0.2) is 15.7 Å². The van der Waals surface area contributed by atoms with E-state index in [0.29, 0.717) is 6.29 Å². The summed E-state index contributed by atoms with van der Waals surface area (Å²) in [5.74, 6) is 0. The van der Waals surface area contributed by atoms with Crippen molar-refractivity contribution in [3.8, 4) is 0 Å². The van der Waals surface area contributed by atoms with Crippen LogP contribution in [0, 0.1) is 0 Å². The number of H-pyrrole nitrogens is 2. The van der Waals surface area contributed by atoms with E-state index >= 15 is 0 Å². The lowest BCUT2D eigenvalue weighted by Crippen LogP contribution is -2.22. The highest BCUT2D eigenvalue weighted by atomic mass is 16.2. The Labute approximate surface area is 54.7 Å². The third-order valence-corrected chi connectivity index (χ3v) is 0.908. The van der Waals surface area contributed by atoms with E-state index in [1.54, 1.807) is 0 Å². The summed E-state index contributed by atoms with van der Waals surface area (Å²) >= 11 is 0. The quantitative estimate of drug-likeness (QED) is 0.484. The summed E-state index contributed by atoms with van der Waals surface area (Å²) in [6.07, 6.45) is 0.399. The van der Waals surface area contributed by atoms with Gasteiger partial charge >= 0.3 is 5.69 Å². The molecule has 1 rings (SSSR count). The van der Waals surface area contributed by atoms with Crippen LogP contribution in [-0.2, 0) is 0 Å². The van der Waals surface area contributed by atoms with Crippen LogP contribution in [0.2, 0.25) is 0 Å². The van der Waals surface area contributed by atoms with Crippen LogP contribution in [0.3, 0.4) is 0 Å². The molecule has 0 fully saturated rings. The van der Waals surface area contributed by atoms with Gasteiger partial charge in [0.2, 0.25) is 0 Å². The molecule has 0 radical (unpaired) electrons. The molecule has 0 aliphatic carbocycles. The zero-order valence-corrected chi connectivity index (χ0v) is 4.88. The highest BCUT2D eigenvalue weighted by Crippen LogP contribution is 1.73. The fraction of sp³-hybridized carbons (Fsp3) is 0. The second-order valence-electron chi connectivity index (χ2n) is 1.66. The minimum atomic E-state index is -0.672. The van der Waals surface area contributed by atoms with E-state index in [1.807, 2.05) is 4.98 Å². The fourth-order valence-electron chi connectivity index (χ4n) is 0.551. The minimum absolute atomic E-state index is 0.0197. The molecule has 0 aliphatic rings. The highest BCUT2D eigenvalue weighted by molar-refractivity contribution is 5.70. The van der Waals surface area contributed by atoms with E-state index in [-0.39, 0.29) is 5.69 Å². The number of aldehydes is 1. The summed E-state index contributed by atoms with van der Waals surface area (Å²) < 4.78 is 0. The van der Waals surface area contributed by atoms with Gasteiger partial charge in [-0.05, 0) is 0 Å². The van der Waals surface area contributed by atoms with E-state index in [9.17, 15) is 14.4 Å². The van der Waals surface area contributed by atoms with E-state index in [2.05, 4.69) is 4.98 Å². The summed E-state index contributed by atoms with van der Waals surface area (Å²) in [4.78, 5) is 34.9. The summed E-state index contributed by atoms with van der Waals surface area (Å²) in [5.41, 5.74) is -1.27. The van der Waals surface area contributed by atoms with Gasteiger partial charge in [-0.2, -0.15) is 0 Å². The number of rotatable bonds is 1. The Bertz CT molecular complexity index is 320. The molecule has 0 aliphatic heterocycles. The van der Waals surface area contributed by atoms with Crippen molar-refractivity contribution in [1.82, 2.24) is 9.97 Å². The zero-order chi connectivity index (χ0) is 7.56. The summed E-state index contributed by atoms with van der Waals surface area (Å²) in [5, 5.41) is 0. The zero-order valence-electron chi connectivity index (χ0n) is 4.88. The van der Waals surface area contributed by atoms with Crippen LogP contribution in [0.4, 0.5) is 0 Å². The minimum Gasteiger partial charge on any atom is -0.304 e. The molecule has 5 nitrogen and oxygen atoms in total. The second kappa shape index (κ2) is 2.30. The van der Waals surface area contributed by atoms with Gasteiger partial charge in [-0.25, -0.2) is 4.79 Å². The summed E-state index contributed by atoms with van der Waals surface area (Å²) in [6, 6.07) is 1.01. The van der Waals surface area contributed by atoms with Gasteiger partial charge < -0.3 is 4.98 Å². The molecular weight excluding hydrogens is 136 g/mol. The van der Waals surface area contributed by atoms with Crippen molar-refractivity contribution >= 4 is 6.29 Å². The van der Waals surface area contributed by atoms with E-state index in [4.69, 9.17) is 0 Å². The molecule has 1 aromatic heterocycles. The molecule has 2 N–H and O–H groups in total. The Morgan fingerprint density at radius 2 is 2.00 bits per heavy atom. The first-order valence-electron chi connectivity index (χ1n) is 2.51. The van der Waals surface area contributed by atoms with Crippen molar-refractivity contribution in [2.45, 2.75) is 0 Å². The average Bonchev–Trinajstić information content (AvgIpc) is 1.85. The number of hydrogen-bond donors (Lipinski definition) is 2. The first-order valence-corrected chi connectivity index (χ1v) is 2.51. The third-order valence-electron chi connectivity index (χ3n) is 0.908. The Balaban J connectivity index is 3.46. The molecule has 1 aromatic rings. The maximum atomic E-state index is 10.4. The SMILES string of the molecule is O=Cc1cc(=O)[nH]c(=O)[nH]1. The number of nitrogens with one attached hydrogen (secondary N) is 2. The standard InChI is InChI=1S/C5H4N2O3/c8-2-3-1-4(9)7-5(10)6-3/h1-2H,(H2,6,7,9,10). The van der Waals surface area contributed by atoms with Gasteiger partial charge in [-0.15, -0.1) is 0 Å². The maximum absolute atomic E-state index is 10.4. The Morgan fingerprint density at radius 3 is 2.50 bits per heavy atom. The Morgan fingerprint density at radius 1 is 1.30 bits per heavy atom. The van der Waals surface area contributed by atoms with Gasteiger partial charge in [-0.3, -0.25) is 14.6 Å². The van der Waals surface area contributed by atoms with Gasteiger partial charge in [0.25, 0.3) is 5.56 Å². The van der Waals surface area contributed by atoms with Crippen molar-refractivity contribution in [1.29, 1.82) is 0 Å². The monoisotopic (exact) mass is 140 g/mol. The number of carbonyl (C=O) groups is 1. The summed E-state index contributed by atoms with van der Waals surface area (Å²) in [6.45, 7) is 0. The predicted molar refractivity (Wildman–Crippen MR) is 33.1 cm³/mol. The molecule has 0 amide bonds. The average molecular weight is 140 g/mol. The number of aromatic amines is 2. The van der Waals surface area contributed by atoms with Gasteiger partial charge in [0, 0.05) is 6.07 Å². The van der Waals surface area contributed by atoms with Crippen molar-refractivity contribution in [2.24, 2.45) is 0 Å². The second-order valence-corrected chi connectivity index (χ2v) is 1.66. The Kier molecular flexibility index (Phi) is 1.49. The molecule has 0 unspecified atom stereocenters. The number of carbonyl (C=O) groups excluding carboxylic acids is 1. The molecule has 0 saturated heterocycles. The van der Waals surface area contributed by atoms with Crippen LogP contribution in [0.5, 0.6) is 0 Å². The number of hydrogen-bond acceptors (Lipinski definition) is 3. The largest absolute Gasteiger partial charge is 0.326 e. The van der Waals surface area contributed by atoms with Crippen LogP contribution in [0.1, 0.15) is 10.5 Å². The van der Waals surface area contributed by atoms with Crippen molar-refractivity contribution < 1.29 is 4.79 Å². The maximum Gasteiger partial charge on any atom is 0.326 e. The molecule has 5 heteroatoms. The lowest BCUT2D eigenvalue weighted by molar-refractivity contribution is 0.111. The molecule has 52 valence electrons. The van der Waals surface area contributed by atoms with Gasteiger partial charge in [0.1, 0.15) is 0 Å². The fourth-order valence-corrected chi connectivity index (χ4v) is 0.551. The Hall–Kier alpha value is -1.65. The first-order chi connectivity index (χ1) is 4.72.